The molecule has 0 radical (unpaired) electrons. The van der Waals surface area contributed by atoms with Gasteiger partial charge in [0.2, 0.25) is 11.8 Å². The fraction of sp³-hybridized carbons (Fsp3) is 0.263. The topological polar surface area (TPSA) is 70.7 Å². The minimum Gasteiger partial charge on any atom is -0.497 e. The number of amides is 2. The van der Waals surface area contributed by atoms with Crippen LogP contribution >= 0.6 is 0 Å². The zero-order valence-corrected chi connectivity index (χ0v) is 14.8. The van der Waals surface area contributed by atoms with E-state index in [9.17, 15) is 14.0 Å². The van der Waals surface area contributed by atoms with Crippen LogP contribution in [0.4, 0.5) is 15.8 Å². The first-order valence-electron chi connectivity index (χ1n) is 8.14. The van der Waals surface area contributed by atoms with Crippen molar-refractivity contribution in [2.45, 2.75) is 6.42 Å². The summed E-state index contributed by atoms with van der Waals surface area (Å²) < 4.78 is 17.9. The molecule has 2 aromatic carbocycles. The summed E-state index contributed by atoms with van der Waals surface area (Å²) >= 11 is 0. The lowest BCUT2D eigenvalue weighted by molar-refractivity contribution is -0.119. The molecule has 6 nitrogen and oxygen atoms in total. The van der Waals surface area contributed by atoms with Gasteiger partial charge in [0.25, 0.3) is 0 Å². The molecule has 0 saturated heterocycles. The lowest BCUT2D eigenvalue weighted by Crippen LogP contribution is -2.32. The Labute approximate surface area is 152 Å². The first-order valence-corrected chi connectivity index (χ1v) is 8.14. The maximum atomic E-state index is 12.8. The molecule has 0 fully saturated rings. The molecule has 26 heavy (non-hydrogen) atoms. The summed E-state index contributed by atoms with van der Waals surface area (Å²) in [6, 6.07) is 12.6. The molecule has 2 N–H and O–H groups in total. The summed E-state index contributed by atoms with van der Waals surface area (Å²) in [4.78, 5) is 25.7. The van der Waals surface area contributed by atoms with E-state index in [0.717, 1.165) is 0 Å². The lowest BCUT2D eigenvalue weighted by atomic mass is 10.3. The van der Waals surface area contributed by atoms with Crippen LogP contribution in [-0.2, 0) is 9.59 Å². The maximum absolute atomic E-state index is 12.8. The number of carbonyl (C=O) groups is 2. The normalized spacial score (nSPS) is 10.5. The minimum atomic E-state index is -0.357. The second kappa shape index (κ2) is 9.53. The number of hydrogen-bond acceptors (Lipinski definition) is 4. The van der Waals surface area contributed by atoms with E-state index in [-0.39, 0.29) is 30.6 Å². The van der Waals surface area contributed by atoms with Gasteiger partial charge in [-0.05, 0) is 43.4 Å². The number of halogens is 1. The predicted octanol–water partition coefficient (Wildman–Crippen LogP) is 2.73. The molecule has 0 aliphatic rings. The Balaban J connectivity index is 1.73. The van der Waals surface area contributed by atoms with E-state index in [1.54, 1.807) is 43.3 Å². The Hall–Kier alpha value is -2.93. The van der Waals surface area contributed by atoms with Crippen LogP contribution < -0.4 is 15.4 Å². The minimum absolute atomic E-state index is 0.154. The molecule has 0 aromatic heterocycles. The van der Waals surface area contributed by atoms with Gasteiger partial charge in [0.05, 0.1) is 13.7 Å². The highest BCUT2D eigenvalue weighted by molar-refractivity contribution is 5.93. The Morgan fingerprint density at radius 2 is 1.73 bits per heavy atom. The first kappa shape index (κ1) is 19.4. The number of rotatable bonds is 8. The SMILES string of the molecule is COc1cccc(NC(=O)CN(C)CCC(=O)Nc2ccc(F)cc2)c1. The molecule has 0 saturated carbocycles. The molecule has 138 valence electrons. The molecule has 0 aliphatic carbocycles. The first-order chi connectivity index (χ1) is 12.5. The molecule has 0 aliphatic heterocycles. The third-order valence-electron chi connectivity index (χ3n) is 3.62. The standard InChI is InChI=1S/C19H22FN3O3/c1-23(11-10-18(24)21-15-8-6-14(20)7-9-15)13-19(25)22-16-4-3-5-17(12-16)26-2/h3-9,12H,10-11,13H2,1-2H3,(H,21,24)(H,22,25). The van der Waals surface area contributed by atoms with Crippen LogP contribution in [0.5, 0.6) is 5.75 Å². The Morgan fingerprint density at radius 1 is 1.04 bits per heavy atom. The summed E-state index contributed by atoms with van der Waals surface area (Å²) in [6.07, 6.45) is 0.223. The van der Waals surface area contributed by atoms with E-state index in [1.165, 1.54) is 24.3 Å². The van der Waals surface area contributed by atoms with E-state index in [0.29, 0.717) is 23.7 Å². The van der Waals surface area contributed by atoms with Gasteiger partial charge in [0.15, 0.2) is 0 Å². The summed E-state index contributed by atoms with van der Waals surface area (Å²) in [5, 5.41) is 5.47. The van der Waals surface area contributed by atoms with E-state index in [2.05, 4.69) is 10.6 Å². The lowest BCUT2D eigenvalue weighted by Gasteiger charge is -2.16. The van der Waals surface area contributed by atoms with Gasteiger partial charge in [-0.15, -0.1) is 0 Å². The number of likely N-dealkylation sites (N-methyl/N-ethyl adjacent to an activating group) is 1. The number of carbonyl (C=O) groups excluding carboxylic acids is 2. The summed E-state index contributed by atoms with van der Waals surface area (Å²) in [5.74, 6) is -0.0743. The maximum Gasteiger partial charge on any atom is 0.238 e. The molecule has 0 spiro atoms. The van der Waals surface area contributed by atoms with Crippen LogP contribution in [0.25, 0.3) is 0 Å². The van der Waals surface area contributed by atoms with Crippen molar-refractivity contribution in [3.63, 3.8) is 0 Å². The van der Waals surface area contributed by atoms with Gasteiger partial charge in [0.1, 0.15) is 11.6 Å². The fourth-order valence-corrected chi connectivity index (χ4v) is 2.27. The van der Waals surface area contributed by atoms with Crippen molar-refractivity contribution < 1.29 is 18.7 Å². The monoisotopic (exact) mass is 359 g/mol. The number of ether oxygens (including phenoxy) is 1. The highest BCUT2D eigenvalue weighted by Gasteiger charge is 2.10. The van der Waals surface area contributed by atoms with Crippen LogP contribution in [0.1, 0.15) is 6.42 Å². The molecule has 0 heterocycles. The fourth-order valence-electron chi connectivity index (χ4n) is 2.27. The third-order valence-corrected chi connectivity index (χ3v) is 3.62. The molecule has 2 amide bonds. The predicted molar refractivity (Wildman–Crippen MR) is 98.8 cm³/mol. The van der Waals surface area contributed by atoms with Crippen molar-refractivity contribution in [1.82, 2.24) is 4.90 Å². The van der Waals surface area contributed by atoms with Crippen molar-refractivity contribution in [3.8, 4) is 5.75 Å². The third kappa shape index (κ3) is 6.52. The number of hydrogen-bond donors (Lipinski definition) is 2. The van der Waals surface area contributed by atoms with Gasteiger partial charge >= 0.3 is 0 Å². The molecular formula is C19H22FN3O3. The van der Waals surface area contributed by atoms with E-state index in [1.807, 2.05) is 0 Å². The number of anilines is 2. The summed E-state index contributed by atoms with van der Waals surface area (Å²) in [7, 11) is 3.32. The zero-order chi connectivity index (χ0) is 18.9. The number of nitrogens with zero attached hydrogens (tertiary/aromatic N) is 1. The van der Waals surface area contributed by atoms with Crippen molar-refractivity contribution >= 4 is 23.2 Å². The van der Waals surface area contributed by atoms with Crippen molar-refractivity contribution in [3.05, 3.63) is 54.3 Å². The van der Waals surface area contributed by atoms with Gasteiger partial charge in [-0.25, -0.2) is 4.39 Å². The van der Waals surface area contributed by atoms with Gasteiger partial charge in [0, 0.05) is 30.4 Å². The summed E-state index contributed by atoms with van der Waals surface area (Å²) in [6.45, 7) is 0.569. The molecule has 0 bridgehead atoms. The van der Waals surface area contributed by atoms with Crippen molar-refractivity contribution in [1.29, 1.82) is 0 Å². The van der Waals surface area contributed by atoms with Crippen LogP contribution in [0.15, 0.2) is 48.5 Å². The zero-order valence-electron chi connectivity index (χ0n) is 14.8. The van der Waals surface area contributed by atoms with Gasteiger partial charge in [-0.3, -0.25) is 14.5 Å². The molecule has 7 heteroatoms. The molecule has 2 rings (SSSR count). The number of benzene rings is 2. The van der Waals surface area contributed by atoms with E-state index in [4.69, 9.17) is 4.74 Å². The number of nitrogens with one attached hydrogen (secondary N) is 2. The van der Waals surface area contributed by atoms with Crippen LogP contribution in [0.3, 0.4) is 0 Å². The van der Waals surface area contributed by atoms with E-state index < -0.39 is 0 Å². The molecule has 0 atom stereocenters. The Bertz CT molecular complexity index is 750. The average molecular weight is 359 g/mol. The van der Waals surface area contributed by atoms with Crippen LogP contribution in [0.2, 0.25) is 0 Å². The highest BCUT2D eigenvalue weighted by Crippen LogP contribution is 2.16. The van der Waals surface area contributed by atoms with Crippen molar-refractivity contribution in [2.75, 3.05) is 37.9 Å². The van der Waals surface area contributed by atoms with Gasteiger partial charge in [-0.1, -0.05) is 6.07 Å². The second-order valence-electron chi connectivity index (χ2n) is 5.82. The van der Waals surface area contributed by atoms with Crippen LogP contribution in [0, 0.1) is 5.82 Å². The second-order valence-corrected chi connectivity index (χ2v) is 5.82. The molecular weight excluding hydrogens is 337 g/mol. The van der Waals surface area contributed by atoms with Crippen LogP contribution in [-0.4, -0.2) is 44.0 Å². The Kier molecular flexibility index (Phi) is 7.11. The summed E-state index contributed by atoms with van der Waals surface area (Å²) in [5.41, 5.74) is 1.19. The Morgan fingerprint density at radius 3 is 2.42 bits per heavy atom. The molecule has 0 unspecified atom stereocenters. The molecule has 2 aromatic rings. The van der Waals surface area contributed by atoms with E-state index >= 15 is 0 Å². The van der Waals surface area contributed by atoms with Crippen molar-refractivity contribution in [2.24, 2.45) is 0 Å². The number of methoxy groups -OCH3 is 1. The smallest absolute Gasteiger partial charge is 0.238 e. The quantitative estimate of drug-likeness (QED) is 0.760. The average Bonchev–Trinajstić information content (AvgIpc) is 2.62. The van der Waals surface area contributed by atoms with Gasteiger partial charge < -0.3 is 15.4 Å². The van der Waals surface area contributed by atoms with Gasteiger partial charge in [-0.2, -0.15) is 0 Å². The highest BCUT2D eigenvalue weighted by atomic mass is 19.1. The largest absolute Gasteiger partial charge is 0.497 e.